The van der Waals surface area contributed by atoms with Crippen LogP contribution in [0.1, 0.15) is 82.9 Å². The zero-order valence-electron chi connectivity index (χ0n) is 50.5. The van der Waals surface area contributed by atoms with Crippen molar-refractivity contribution in [3.05, 3.63) is 103 Å². The molecule has 0 unspecified atom stereocenters. The van der Waals surface area contributed by atoms with E-state index in [4.69, 9.17) is 14.2 Å². The quantitative estimate of drug-likeness (QED) is 0.0245. The summed E-state index contributed by atoms with van der Waals surface area (Å²) in [7, 11) is 9.30. The number of carbonyl (C=O) groups excluding carboxylic acids is 12. The van der Waals surface area contributed by atoms with Crippen LogP contribution in [-0.2, 0) is 43.0 Å². The Morgan fingerprint density at radius 1 is 0.330 bits per heavy atom. The van der Waals surface area contributed by atoms with Crippen molar-refractivity contribution in [3.8, 4) is 0 Å². The molecule has 3 rings (SSSR count). The van der Waals surface area contributed by atoms with E-state index in [2.05, 4.69) is 35.7 Å². The normalized spacial score (nSPS) is 10.7. The minimum absolute atomic E-state index is 0.000126. The number of likely N-dealkylation sites (N-methyl/N-ethyl adjacent to an activating group) is 6. The zero-order chi connectivity index (χ0) is 69.2. The topological polar surface area (TPSA) is 291 Å². The highest BCUT2D eigenvalue weighted by Crippen LogP contribution is 2.40. The maximum Gasteiger partial charge on any atom is 0.303 e. The molecule has 0 spiro atoms. The summed E-state index contributed by atoms with van der Waals surface area (Å²) in [5.41, 5.74) is 1.02. The number of hydrogen-bond acceptors (Lipinski definition) is 16. The first-order valence-electron chi connectivity index (χ1n) is 26.5. The van der Waals surface area contributed by atoms with E-state index in [1.165, 1.54) is 47.6 Å². The van der Waals surface area contributed by atoms with Gasteiger partial charge in [-0.2, -0.15) is 0 Å². The molecule has 9 amide bonds. The summed E-state index contributed by atoms with van der Waals surface area (Å²) in [4.78, 5) is 172. The molecular formula is C57H63I9N10O15. The largest absolute Gasteiger partial charge is 0.456 e. The third-order valence-corrected chi connectivity index (χ3v) is 22.5. The average molecular weight is 2270 g/mol. The number of nitrogens with zero attached hydrogens (tertiary/aromatic N) is 7. The van der Waals surface area contributed by atoms with Crippen LogP contribution in [0.4, 0.5) is 17.1 Å². The molecule has 3 aromatic rings. The first-order chi connectivity index (χ1) is 42.5. The standard InChI is InChI=1S/C57H63I9N10O15/c1-13-16-70(7)52(83)34-40(58)37(46(64)49(43(34)61)67-31(80)25-89-28(4)77)55(86)73(10)19-22-76(23-20-74(11)56(87)38-41(59)35(53(84)71(8)17-14-2)44(62)50(47(38)65)68-32(81)26-90-29(5)78)24-21-75(12)57(88)39-42(60)36(54(85)72(9)18-15-3)45(63)51(48(39)66)69-33(82)27-91-30(6)79/h13-15H,1-3,16-27H2,4-12H3,(H,67,80)(H,68,81)(H,69,82). The van der Waals surface area contributed by atoms with Crippen LogP contribution in [0, 0.1) is 32.1 Å². The Bertz CT molecular complexity index is 3110. The van der Waals surface area contributed by atoms with Gasteiger partial charge in [-0.15, -0.1) is 19.7 Å². The first-order valence-corrected chi connectivity index (χ1v) is 36.2. The SMILES string of the molecule is C=CCN(C)C(=O)c1c(I)c(NC(=O)COC(C)=O)c(I)c(C(=O)N(C)CCN(CCN(C)C(=O)c2c(I)c(NC(=O)COC(C)=O)c(I)c(C(=O)N(C)CC=C)c2I)CCN(C)C(=O)c2c(I)c(NC(=O)COC(C)=O)c(I)c(C(=O)N(C)CC=C)c2I)c1I. The van der Waals surface area contributed by atoms with Crippen LogP contribution in [0.2, 0.25) is 0 Å². The summed E-state index contributed by atoms with van der Waals surface area (Å²) >= 11 is 17.3. The van der Waals surface area contributed by atoms with Crippen LogP contribution in [0.25, 0.3) is 0 Å². The lowest BCUT2D eigenvalue weighted by Crippen LogP contribution is -2.44. The third kappa shape index (κ3) is 22.3. The summed E-state index contributed by atoms with van der Waals surface area (Å²) in [6.07, 6.45) is 4.59. The molecule has 25 nitrogen and oxygen atoms in total. The van der Waals surface area contributed by atoms with Crippen molar-refractivity contribution in [2.24, 2.45) is 0 Å². The van der Waals surface area contributed by atoms with Gasteiger partial charge in [-0.25, -0.2) is 0 Å². The van der Waals surface area contributed by atoms with Gasteiger partial charge in [0.25, 0.3) is 53.2 Å². The molecule has 0 radical (unpaired) electrons. The average Bonchev–Trinajstić information content (AvgIpc) is 0.816. The van der Waals surface area contributed by atoms with Crippen molar-refractivity contribution >= 4 is 291 Å². The van der Waals surface area contributed by atoms with Crippen LogP contribution in [0.15, 0.2) is 38.0 Å². The number of halogens is 9. The Balaban J connectivity index is 2.26. The van der Waals surface area contributed by atoms with Gasteiger partial charge in [0.15, 0.2) is 19.8 Å². The van der Waals surface area contributed by atoms with Gasteiger partial charge in [0, 0.05) is 133 Å². The monoisotopic (exact) mass is 2270 g/mol. The molecule has 0 aliphatic rings. The zero-order valence-corrected chi connectivity index (χ0v) is 69.9. The number of esters is 3. The fraction of sp³-hybridized carbons (Fsp3) is 0.368. The number of hydrogen-bond donors (Lipinski definition) is 3. The highest BCUT2D eigenvalue weighted by atomic mass is 127. The summed E-state index contributed by atoms with van der Waals surface area (Å²) in [6.45, 7) is 13.5. The van der Waals surface area contributed by atoms with E-state index in [0.717, 1.165) is 20.8 Å². The van der Waals surface area contributed by atoms with Gasteiger partial charge in [-0.1, -0.05) is 18.2 Å². The van der Waals surface area contributed by atoms with Gasteiger partial charge in [-0.3, -0.25) is 62.4 Å². The second-order valence-electron chi connectivity index (χ2n) is 19.6. The van der Waals surface area contributed by atoms with Crippen molar-refractivity contribution < 1.29 is 71.7 Å². The van der Waals surface area contributed by atoms with Crippen LogP contribution in [0.3, 0.4) is 0 Å². The highest BCUT2D eigenvalue weighted by molar-refractivity contribution is 14.1. The van der Waals surface area contributed by atoms with E-state index >= 15 is 0 Å². The van der Waals surface area contributed by atoms with E-state index in [1.54, 1.807) is 42.3 Å². The van der Waals surface area contributed by atoms with Gasteiger partial charge in [0.05, 0.1) is 71.9 Å². The molecule has 0 bridgehead atoms. The summed E-state index contributed by atoms with van der Waals surface area (Å²) in [5.74, 6) is -7.34. The summed E-state index contributed by atoms with van der Waals surface area (Å²) in [6, 6.07) is 0. The fourth-order valence-corrected chi connectivity index (χ4v) is 21.0. The molecule has 0 saturated heterocycles. The Labute approximate surface area is 649 Å². The van der Waals surface area contributed by atoms with Gasteiger partial charge >= 0.3 is 17.9 Å². The number of carbonyl (C=O) groups is 12. The molecule has 3 N–H and O–H groups in total. The number of benzene rings is 3. The molecule has 0 atom stereocenters. The van der Waals surface area contributed by atoms with Crippen LogP contribution < -0.4 is 16.0 Å². The van der Waals surface area contributed by atoms with Gasteiger partial charge < -0.3 is 59.6 Å². The molecule has 0 aliphatic carbocycles. The molecule has 494 valence electrons. The lowest BCUT2D eigenvalue weighted by molar-refractivity contribution is -0.145. The van der Waals surface area contributed by atoms with Crippen LogP contribution in [-0.4, -0.2) is 226 Å². The van der Waals surface area contributed by atoms with Crippen molar-refractivity contribution in [2.75, 3.05) is 137 Å². The number of amides is 9. The Kier molecular flexibility index (Phi) is 35.0. The molecule has 0 aromatic heterocycles. The molecule has 34 heteroatoms. The van der Waals surface area contributed by atoms with Crippen LogP contribution >= 0.6 is 203 Å². The third-order valence-electron chi connectivity index (χ3n) is 12.8. The second kappa shape index (κ2) is 38.7. The number of anilines is 3. The van der Waals surface area contributed by atoms with E-state index in [1.807, 2.05) is 208 Å². The van der Waals surface area contributed by atoms with Gasteiger partial charge in [-0.05, 0) is 203 Å². The van der Waals surface area contributed by atoms with Crippen molar-refractivity contribution in [1.29, 1.82) is 0 Å². The lowest BCUT2D eigenvalue weighted by atomic mass is 10.1. The van der Waals surface area contributed by atoms with E-state index in [0.29, 0.717) is 10.7 Å². The van der Waals surface area contributed by atoms with E-state index in [9.17, 15) is 57.5 Å². The maximum absolute atomic E-state index is 15.0. The molecular weight excluding hydrogens is 2210 g/mol. The molecule has 91 heavy (non-hydrogen) atoms. The minimum atomic E-state index is -0.723. The summed E-state index contributed by atoms with van der Waals surface area (Å²) in [5, 5.41) is 8.16. The van der Waals surface area contributed by atoms with Gasteiger partial charge in [0.1, 0.15) is 0 Å². The smallest absolute Gasteiger partial charge is 0.303 e. The van der Waals surface area contributed by atoms with Crippen LogP contribution in [0.5, 0.6) is 0 Å². The maximum atomic E-state index is 15.0. The van der Waals surface area contributed by atoms with Crippen molar-refractivity contribution in [3.63, 3.8) is 0 Å². The number of nitrogens with one attached hydrogen (secondary N) is 3. The van der Waals surface area contributed by atoms with Crippen molar-refractivity contribution in [2.45, 2.75) is 20.8 Å². The first kappa shape index (κ1) is 82.3. The second-order valence-corrected chi connectivity index (χ2v) is 29.3. The Morgan fingerprint density at radius 2 is 0.516 bits per heavy atom. The number of ether oxygens (including phenoxy) is 3. The molecule has 0 aliphatic heterocycles. The summed E-state index contributed by atoms with van der Waals surface area (Å²) < 4.78 is 17.5. The molecule has 0 saturated carbocycles. The lowest BCUT2D eigenvalue weighted by Gasteiger charge is -2.31. The molecule has 0 heterocycles. The van der Waals surface area contributed by atoms with Crippen molar-refractivity contribution in [1.82, 2.24) is 34.3 Å². The van der Waals surface area contributed by atoms with E-state index < -0.39 is 90.9 Å². The fourth-order valence-electron chi connectivity index (χ4n) is 7.97. The highest BCUT2D eigenvalue weighted by Gasteiger charge is 2.35. The molecule has 0 fully saturated rings. The predicted octanol–water partition coefficient (Wildman–Crippen LogP) is 8.33. The Hall–Kier alpha value is -2.95. The van der Waals surface area contributed by atoms with Gasteiger partial charge in [0.2, 0.25) is 0 Å². The Morgan fingerprint density at radius 3 is 0.692 bits per heavy atom. The minimum Gasteiger partial charge on any atom is -0.456 e. The van der Waals surface area contributed by atoms with E-state index in [-0.39, 0.29) is 131 Å². The molecule has 3 aromatic carbocycles. The predicted molar refractivity (Wildman–Crippen MR) is 418 cm³/mol. The number of rotatable bonds is 30.